The molecule has 1 unspecified atom stereocenters. The van der Waals surface area contributed by atoms with Gasteiger partial charge in [0, 0.05) is 30.3 Å². The van der Waals surface area contributed by atoms with Crippen LogP contribution in [0, 0.1) is 22.2 Å². The molecule has 2 aromatic rings. The van der Waals surface area contributed by atoms with Crippen LogP contribution in [0.2, 0.25) is 0 Å². The van der Waals surface area contributed by atoms with Crippen LogP contribution in [-0.4, -0.2) is 59.3 Å². The first-order chi connectivity index (χ1) is 23.9. The maximum atomic E-state index is 15.1. The summed E-state index contributed by atoms with van der Waals surface area (Å²) < 4.78 is 0. The number of nitrogens with two attached hydrogens (primary N) is 1. The fourth-order valence-corrected chi connectivity index (χ4v) is 11.7. The van der Waals surface area contributed by atoms with E-state index in [4.69, 9.17) is 10.8 Å². The quantitative estimate of drug-likeness (QED) is 0.147. The van der Waals surface area contributed by atoms with Gasteiger partial charge in [-0.05, 0) is 134 Å². The Morgan fingerprint density at radius 3 is 2.31 bits per heavy atom. The predicted octanol–water partition coefficient (Wildman–Crippen LogP) is 6.55. The van der Waals surface area contributed by atoms with Crippen LogP contribution in [0.4, 0.5) is 11.4 Å². The summed E-state index contributed by atoms with van der Waals surface area (Å²) >= 11 is 0. The maximum Gasteiger partial charge on any atom is 0.303 e. The molecule has 0 radical (unpaired) electrons. The van der Waals surface area contributed by atoms with Gasteiger partial charge in [-0.3, -0.25) is 14.4 Å². The van der Waals surface area contributed by atoms with Gasteiger partial charge in [-0.1, -0.05) is 59.6 Å². The number of carbonyl (C=O) groups excluding carboxylic acids is 2. The Bertz CT molecular complexity index is 1710. The lowest BCUT2D eigenvalue weighted by Gasteiger charge is -2.63. The van der Waals surface area contributed by atoms with Gasteiger partial charge in [0.15, 0.2) is 0 Å². The number of hydrogen-bond acceptors (Lipinski definition) is 6. The molecule has 9 nitrogen and oxygen atoms in total. The fourth-order valence-electron chi connectivity index (χ4n) is 11.7. The second-order valence-electron chi connectivity index (χ2n) is 17.6. The van der Waals surface area contributed by atoms with Crippen molar-refractivity contribution in [2.24, 2.45) is 22.2 Å². The molecule has 2 fully saturated rings. The third-order valence-electron chi connectivity index (χ3n) is 15.1. The van der Waals surface area contributed by atoms with Crippen LogP contribution in [-0.2, 0) is 38.1 Å². The van der Waals surface area contributed by atoms with Crippen molar-refractivity contribution in [1.29, 1.82) is 0 Å². The van der Waals surface area contributed by atoms with Crippen LogP contribution in [0.25, 0.3) is 0 Å². The molecule has 278 valence electrons. The van der Waals surface area contributed by atoms with E-state index in [1.54, 1.807) is 11.9 Å². The van der Waals surface area contributed by atoms with Crippen molar-refractivity contribution in [2.75, 3.05) is 25.1 Å². The van der Waals surface area contributed by atoms with E-state index in [-0.39, 0.29) is 41.4 Å². The van der Waals surface area contributed by atoms with Gasteiger partial charge in [-0.15, -0.1) is 0 Å². The molecule has 8 atom stereocenters. The Morgan fingerprint density at radius 2 is 1.61 bits per heavy atom. The molecular formula is C42H60N4O5. The fraction of sp³-hybridized carbons (Fsp3) is 0.643. The zero-order valence-corrected chi connectivity index (χ0v) is 31.8. The summed E-state index contributed by atoms with van der Waals surface area (Å²) in [6, 6.07) is 11.8. The Balaban J connectivity index is 1.28. The van der Waals surface area contributed by atoms with E-state index in [1.165, 1.54) is 16.7 Å². The SMILES string of the molecule is CN[C@@H](CCC(=O)O)C(=O)Nc1ccc2c(c1)[C@@]1(C)CCC[C@](C)(C(=O)N(C)C(O)[C@@]3(C)CCC[C@]4(C)c5cc(N)ccc5CC[C@H]43)[C@]1(C)CC2. The van der Waals surface area contributed by atoms with Crippen molar-refractivity contribution in [2.45, 2.75) is 135 Å². The van der Waals surface area contributed by atoms with Gasteiger partial charge in [0.2, 0.25) is 11.8 Å². The van der Waals surface area contributed by atoms with Gasteiger partial charge < -0.3 is 31.5 Å². The minimum Gasteiger partial charge on any atom is -0.481 e. The highest BCUT2D eigenvalue weighted by molar-refractivity contribution is 5.95. The summed E-state index contributed by atoms with van der Waals surface area (Å²) in [4.78, 5) is 41.2. The van der Waals surface area contributed by atoms with Crippen LogP contribution in [0.15, 0.2) is 36.4 Å². The van der Waals surface area contributed by atoms with Crippen LogP contribution in [0.5, 0.6) is 0 Å². The first kappa shape index (κ1) is 37.3. The Morgan fingerprint density at radius 1 is 0.922 bits per heavy atom. The minimum atomic E-state index is -0.936. The number of anilines is 2. The van der Waals surface area contributed by atoms with E-state index < -0.39 is 34.5 Å². The number of hydrogen-bond donors (Lipinski definition) is 5. The molecule has 6 N–H and O–H groups in total. The van der Waals surface area contributed by atoms with Crippen LogP contribution < -0.4 is 16.4 Å². The lowest BCUT2D eigenvalue weighted by Crippen LogP contribution is -2.65. The Hall–Kier alpha value is -3.43. The topological polar surface area (TPSA) is 145 Å². The van der Waals surface area contributed by atoms with Gasteiger partial charge >= 0.3 is 5.97 Å². The molecule has 2 amide bonds. The number of likely N-dealkylation sites (N-methyl/N-ethyl adjacent to an activating group) is 1. The highest BCUT2D eigenvalue weighted by atomic mass is 16.4. The lowest BCUT2D eigenvalue weighted by molar-refractivity contribution is -0.187. The largest absolute Gasteiger partial charge is 0.481 e. The lowest BCUT2D eigenvalue weighted by atomic mass is 9.41. The van der Waals surface area contributed by atoms with E-state index in [0.717, 1.165) is 75.5 Å². The van der Waals surface area contributed by atoms with E-state index in [2.05, 4.69) is 69.5 Å². The summed E-state index contributed by atoms with van der Waals surface area (Å²) in [5, 5.41) is 27.6. The van der Waals surface area contributed by atoms with Crippen LogP contribution in [0.1, 0.15) is 121 Å². The number of amides is 2. The number of carbonyl (C=O) groups is 3. The molecule has 6 rings (SSSR count). The summed E-state index contributed by atoms with van der Waals surface area (Å²) in [6.07, 6.45) is 8.19. The molecular weight excluding hydrogens is 640 g/mol. The molecule has 51 heavy (non-hydrogen) atoms. The molecule has 2 aromatic carbocycles. The van der Waals surface area contributed by atoms with E-state index in [9.17, 15) is 14.7 Å². The van der Waals surface area contributed by atoms with Crippen LogP contribution in [0.3, 0.4) is 0 Å². The van der Waals surface area contributed by atoms with E-state index in [0.29, 0.717) is 5.69 Å². The number of fused-ring (bicyclic) bond motifs is 6. The van der Waals surface area contributed by atoms with Gasteiger partial charge in [-0.2, -0.15) is 0 Å². The average Bonchev–Trinajstić information content (AvgIpc) is 3.09. The number of nitrogens with zero attached hydrogens (tertiary/aromatic N) is 1. The molecule has 0 bridgehead atoms. The molecule has 9 heteroatoms. The van der Waals surface area contributed by atoms with Crippen molar-refractivity contribution in [3.8, 4) is 0 Å². The molecule has 0 aliphatic heterocycles. The molecule has 0 aromatic heterocycles. The molecule has 0 saturated heterocycles. The Labute approximate surface area is 304 Å². The van der Waals surface area contributed by atoms with Crippen molar-refractivity contribution in [3.05, 3.63) is 58.7 Å². The summed E-state index contributed by atoms with van der Waals surface area (Å²) in [5.74, 6) is -0.978. The Kier molecular flexibility index (Phi) is 9.67. The molecule has 4 aliphatic carbocycles. The number of aliphatic hydroxyl groups excluding tert-OH is 1. The molecule has 0 spiro atoms. The van der Waals surface area contributed by atoms with Gasteiger partial charge in [-0.25, -0.2) is 0 Å². The molecule has 4 aliphatic rings. The summed E-state index contributed by atoms with van der Waals surface area (Å²) in [6.45, 7) is 11.3. The van der Waals surface area contributed by atoms with Crippen molar-refractivity contribution in [1.82, 2.24) is 10.2 Å². The van der Waals surface area contributed by atoms with Gasteiger partial charge in [0.05, 0.1) is 11.5 Å². The van der Waals surface area contributed by atoms with Crippen molar-refractivity contribution in [3.63, 3.8) is 0 Å². The average molecular weight is 701 g/mol. The van der Waals surface area contributed by atoms with E-state index in [1.807, 2.05) is 19.2 Å². The molecule has 0 heterocycles. The van der Waals surface area contributed by atoms with Crippen molar-refractivity contribution < 1.29 is 24.6 Å². The normalized spacial score (nSPS) is 33.8. The first-order valence-electron chi connectivity index (χ1n) is 19.1. The first-order valence-corrected chi connectivity index (χ1v) is 19.1. The minimum absolute atomic E-state index is 0.0144. The number of carboxylic acids is 1. The highest BCUT2D eigenvalue weighted by Gasteiger charge is 2.64. The van der Waals surface area contributed by atoms with Gasteiger partial charge in [0.1, 0.15) is 6.23 Å². The smallest absolute Gasteiger partial charge is 0.303 e. The number of aliphatic hydroxyl groups is 1. The van der Waals surface area contributed by atoms with Crippen molar-refractivity contribution >= 4 is 29.2 Å². The standard InChI is InChI=1S/C42H60N4O5/c1-38-19-8-20-39(2,33(38)16-12-26-10-13-28(43)24-30(26)38)36(50)46(7)37(51)41(4)22-9-21-40(3)31-25-29(14-11-27(31)18-23-42(40,41)5)45-35(49)32(44-6)15-17-34(47)48/h10-11,13-14,24-25,32-33,36,44,50H,8-9,12,15-23,43H2,1-7H3,(H,45,49)(H,47,48)/t32-,33+,36?,38+,39-,40+,41+,42+/m0/s1. The zero-order valence-electron chi connectivity index (χ0n) is 31.8. The number of rotatable bonds is 9. The third-order valence-corrected chi connectivity index (χ3v) is 15.1. The number of aryl methyl sites for hydroxylation is 2. The number of aliphatic carboxylic acids is 1. The second kappa shape index (κ2) is 13.2. The van der Waals surface area contributed by atoms with Crippen LogP contribution >= 0.6 is 0 Å². The maximum absolute atomic E-state index is 15.1. The zero-order chi connectivity index (χ0) is 37.1. The predicted molar refractivity (Wildman–Crippen MR) is 201 cm³/mol. The monoisotopic (exact) mass is 700 g/mol. The number of nitrogen functional groups attached to an aromatic ring is 1. The third kappa shape index (κ3) is 5.77. The summed E-state index contributed by atoms with van der Waals surface area (Å²) in [5.41, 5.74) is 10.8. The number of carboxylic acid groups (broad SMARTS) is 1. The van der Waals surface area contributed by atoms with Gasteiger partial charge in [0.25, 0.3) is 0 Å². The summed E-state index contributed by atoms with van der Waals surface area (Å²) in [7, 11) is 3.49. The van der Waals surface area contributed by atoms with E-state index >= 15 is 4.79 Å². The highest BCUT2D eigenvalue weighted by Crippen LogP contribution is 2.66. The number of nitrogens with one attached hydrogen (secondary N) is 2. The number of benzene rings is 2. The molecule has 2 saturated carbocycles. The second-order valence-corrected chi connectivity index (χ2v) is 17.6.